The van der Waals surface area contributed by atoms with Gasteiger partial charge in [0.2, 0.25) is 5.91 Å². The van der Waals surface area contributed by atoms with Crippen LogP contribution in [0.1, 0.15) is 18.5 Å². The number of nitrogens with one attached hydrogen (secondary N) is 1. The third-order valence-corrected chi connectivity index (χ3v) is 4.79. The van der Waals surface area contributed by atoms with Crippen molar-refractivity contribution in [2.75, 3.05) is 13.1 Å². The molecule has 25 heavy (non-hydrogen) atoms. The van der Waals surface area contributed by atoms with Gasteiger partial charge in [-0.05, 0) is 47.0 Å². The molecule has 2 aromatic heterocycles. The molecule has 3 rings (SSSR count). The van der Waals surface area contributed by atoms with E-state index < -0.39 is 0 Å². The lowest BCUT2D eigenvalue weighted by atomic mass is 10.0. The van der Waals surface area contributed by atoms with E-state index >= 15 is 0 Å². The van der Waals surface area contributed by atoms with Crippen molar-refractivity contribution in [2.45, 2.75) is 32.0 Å². The van der Waals surface area contributed by atoms with E-state index in [0.29, 0.717) is 0 Å². The third-order valence-electron chi connectivity index (χ3n) is 4.33. The second-order valence-electron chi connectivity index (χ2n) is 6.25. The van der Waals surface area contributed by atoms with Gasteiger partial charge < -0.3 is 9.88 Å². The number of likely N-dealkylation sites (tertiary alicyclic amines) is 1. The van der Waals surface area contributed by atoms with Crippen LogP contribution in [0.25, 0.3) is 0 Å². The first-order chi connectivity index (χ1) is 12.1. The van der Waals surface area contributed by atoms with Crippen LogP contribution in [-0.2, 0) is 17.9 Å². The predicted molar refractivity (Wildman–Crippen MR) is 99.1 cm³/mol. The molecule has 0 aromatic carbocycles. The lowest BCUT2D eigenvalue weighted by Crippen LogP contribution is -2.45. The minimum atomic E-state index is -0.177. The maximum Gasteiger partial charge on any atom is 0.251 e. The standard InChI is InChI=1S/C18H21BrN4O2/c19-14-4-5-18(25)23(11-14)13-17(24)21-15-6-9-22(10-7-15)12-16-3-1-2-8-20-16/h1-5,8,11,15H,6-7,9-10,12-13H2,(H,21,24). The molecule has 1 aliphatic rings. The number of amides is 1. The molecule has 1 aliphatic heterocycles. The summed E-state index contributed by atoms with van der Waals surface area (Å²) >= 11 is 3.32. The van der Waals surface area contributed by atoms with Gasteiger partial charge in [0.15, 0.2) is 0 Å². The van der Waals surface area contributed by atoms with E-state index in [4.69, 9.17) is 0 Å². The van der Waals surface area contributed by atoms with Gasteiger partial charge in [0.25, 0.3) is 5.56 Å². The van der Waals surface area contributed by atoms with E-state index in [1.807, 2.05) is 24.4 Å². The molecular formula is C18H21BrN4O2. The van der Waals surface area contributed by atoms with E-state index in [0.717, 1.165) is 42.6 Å². The van der Waals surface area contributed by atoms with E-state index in [9.17, 15) is 9.59 Å². The molecular weight excluding hydrogens is 384 g/mol. The Labute approximate surface area is 155 Å². The SMILES string of the molecule is O=C(Cn1cc(Br)ccc1=O)NC1CCN(Cc2ccccn2)CC1. The molecule has 0 radical (unpaired) electrons. The van der Waals surface area contributed by atoms with Gasteiger partial charge in [0, 0.05) is 48.6 Å². The summed E-state index contributed by atoms with van der Waals surface area (Å²) in [6.45, 7) is 2.75. The van der Waals surface area contributed by atoms with Crippen molar-refractivity contribution in [3.63, 3.8) is 0 Å². The maximum atomic E-state index is 12.2. The summed E-state index contributed by atoms with van der Waals surface area (Å²) < 4.78 is 2.19. The number of aromatic nitrogens is 2. The highest BCUT2D eigenvalue weighted by Gasteiger charge is 2.21. The van der Waals surface area contributed by atoms with Crippen LogP contribution < -0.4 is 10.9 Å². The highest BCUT2D eigenvalue weighted by Crippen LogP contribution is 2.13. The zero-order valence-electron chi connectivity index (χ0n) is 13.9. The number of carbonyl (C=O) groups excluding carboxylic acids is 1. The molecule has 6 nitrogen and oxygen atoms in total. The predicted octanol–water partition coefficient (Wildman–Crippen LogP) is 1.79. The monoisotopic (exact) mass is 404 g/mol. The van der Waals surface area contributed by atoms with Crippen LogP contribution in [0.2, 0.25) is 0 Å². The Hall–Kier alpha value is -1.99. The molecule has 2 aromatic rings. The first-order valence-electron chi connectivity index (χ1n) is 8.38. The van der Waals surface area contributed by atoms with E-state index in [1.165, 1.54) is 10.6 Å². The summed E-state index contributed by atoms with van der Waals surface area (Å²) in [5.41, 5.74) is 0.891. The lowest BCUT2D eigenvalue weighted by Gasteiger charge is -2.32. The fraction of sp³-hybridized carbons (Fsp3) is 0.389. The second-order valence-corrected chi connectivity index (χ2v) is 7.17. The topological polar surface area (TPSA) is 67.2 Å². The fourth-order valence-corrected chi connectivity index (χ4v) is 3.39. The molecule has 3 heterocycles. The van der Waals surface area contributed by atoms with Crippen LogP contribution in [0.5, 0.6) is 0 Å². The maximum absolute atomic E-state index is 12.2. The smallest absolute Gasteiger partial charge is 0.251 e. The summed E-state index contributed by atoms with van der Waals surface area (Å²) in [6.07, 6.45) is 5.27. The fourth-order valence-electron chi connectivity index (χ4n) is 3.01. The number of nitrogens with zero attached hydrogens (tertiary/aromatic N) is 3. The molecule has 0 unspecified atom stereocenters. The Balaban J connectivity index is 1.46. The van der Waals surface area contributed by atoms with Crippen LogP contribution >= 0.6 is 15.9 Å². The van der Waals surface area contributed by atoms with E-state index in [2.05, 4.69) is 31.1 Å². The average Bonchev–Trinajstić information content (AvgIpc) is 2.61. The highest BCUT2D eigenvalue weighted by molar-refractivity contribution is 9.10. The van der Waals surface area contributed by atoms with Gasteiger partial charge in [-0.2, -0.15) is 0 Å². The number of piperidine rings is 1. The molecule has 0 aliphatic carbocycles. The number of hydrogen-bond donors (Lipinski definition) is 1. The van der Waals surface area contributed by atoms with Gasteiger partial charge in [0.1, 0.15) is 6.54 Å². The lowest BCUT2D eigenvalue weighted by molar-refractivity contribution is -0.122. The Morgan fingerprint density at radius 2 is 2.04 bits per heavy atom. The first kappa shape index (κ1) is 17.8. The Morgan fingerprint density at radius 3 is 2.76 bits per heavy atom. The Bertz CT molecular complexity index is 770. The molecule has 0 atom stereocenters. The van der Waals surface area contributed by atoms with Gasteiger partial charge in [0.05, 0.1) is 5.69 Å². The minimum absolute atomic E-state index is 0.0480. The van der Waals surface area contributed by atoms with Gasteiger partial charge >= 0.3 is 0 Å². The van der Waals surface area contributed by atoms with Crippen LogP contribution in [0.3, 0.4) is 0 Å². The molecule has 0 bridgehead atoms. The van der Waals surface area contributed by atoms with Gasteiger partial charge in [-0.1, -0.05) is 6.07 Å². The Kier molecular flexibility index (Phi) is 5.99. The molecule has 1 N–H and O–H groups in total. The van der Waals surface area contributed by atoms with Crippen molar-refractivity contribution in [1.29, 1.82) is 0 Å². The van der Waals surface area contributed by atoms with Gasteiger partial charge in [-0.15, -0.1) is 0 Å². The van der Waals surface area contributed by atoms with Crippen LogP contribution in [-0.4, -0.2) is 39.5 Å². The molecule has 0 saturated carbocycles. The van der Waals surface area contributed by atoms with Crippen LogP contribution in [0.4, 0.5) is 0 Å². The van der Waals surface area contributed by atoms with Gasteiger partial charge in [-0.25, -0.2) is 0 Å². The molecule has 132 valence electrons. The highest BCUT2D eigenvalue weighted by atomic mass is 79.9. The van der Waals surface area contributed by atoms with Crippen LogP contribution in [0.15, 0.2) is 52.0 Å². The second kappa shape index (κ2) is 8.40. The number of pyridine rings is 2. The molecule has 1 amide bonds. The van der Waals surface area contributed by atoms with Crippen molar-refractivity contribution in [2.24, 2.45) is 0 Å². The minimum Gasteiger partial charge on any atom is -0.352 e. The van der Waals surface area contributed by atoms with Crippen molar-refractivity contribution in [3.8, 4) is 0 Å². The zero-order valence-corrected chi connectivity index (χ0v) is 15.5. The summed E-state index contributed by atoms with van der Waals surface area (Å²) in [5, 5.41) is 3.04. The first-order valence-corrected chi connectivity index (χ1v) is 9.17. The molecule has 7 heteroatoms. The Morgan fingerprint density at radius 1 is 1.24 bits per heavy atom. The summed E-state index contributed by atoms with van der Waals surface area (Å²) in [5.74, 6) is -0.122. The quantitative estimate of drug-likeness (QED) is 0.824. The van der Waals surface area contributed by atoms with Gasteiger partial charge in [-0.3, -0.25) is 19.5 Å². The largest absolute Gasteiger partial charge is 0.352 e. The van der Waals surface area contributed by atoms with Crippen molar-refractivity contribution in [3.05, 3.63) is 63.2 Å². The number of hydrogen-bond acceptors (Lipinski definition) is 4. The number of rotatable bonds is 5. The van der Waals surface area contributed by atoms with Crippen molar-refractivity contribution < 1.29 is 4.79 Å². The zero-order chi connectivity index (χ0) is 17.6. The summed E-state index contributed by atoms with van der Waals surface area (Å²) in [6, 6.07) is 9.24. The third kappa shape index (κ3) is 5.24. The molecule has 1 saturated heterocycles. The summed E-state index contributed by atoms with van der Waals surface area (Å²) in [7, 11) is 0. The number of carbonyl (C=O) groups is 1. The van der Waals surface area contributed by atoms with Crippen LogP contribution in [0, 0.1) is 0 Å². The van der Waals surface area contributed by atoms with Crippen molar-refractivity contribution in [1.82, 2.24) is 19.8 Å². The van der Waals surface area contributed by atoms with Crippen molar-refractivity contribution >= 4 is 21.8 Å². The summed E-state index contributed by atoms with van der Waals surface area (Å²) in [4.78, 5) is 30.7. The average molecular weight is 405 g/mol. The van der Waals surface area contributed by atoms with E-state index in [-0.39, 0.29) is 24.1 Å². The number of halogens is 1. The normalized spacial score (nSPS) is 15.9. The van der Waals surface area contributed by atoms with E-state index in [1.54, 1.807) is 12.3 Å². The molecule has 1 fully saturated rings. The molecule has 0 spiro atoms.